The average molecular weight is 435 g/mol. The molecule has 1 atom stereocenters. The van der Waals surface area contributed by atoms with Gasteiger partial charge in [-0.05, 0) is 19.9 Å². The summed E-state index contributed by atoms with van der Waals surface area (Å²) >= 11 is 0. The highest BCUT2D eigenvalue weighted by Gasteiger charge is 2.34. The number of halogens is 6. The number of benzene rings is 1. The molecule has 3 aromatic rings. The standard InChI is InChI=1S/C17H15F6N5O2/c1-16(2,29)13(9-4-3-8(5-10(9)18)30-17(21,22)23)27-12-6-11(14(19)20)26-15-24-7-25-28(12)15/h3-7,13-14,27,29H,1-2H3/t13-/m1/s1. The molecule has 0 unspecified atom stereocenters. The van der Waals surface area contributed by atoms with Crippen molar-refractivity contribution in [2.75, 3.05) is 5.32 Å². The highest BCUT2D eigenvalue weighted by atomic mass is 19.4. The van der Waals surface area contributed by atoms with Crippen LogP contribution in [-0.4, -0.2) is 36.7 Å². The SMILES string of the molecule is CC(C)(O)[C@H](Nc1cc(C(F)F)nc2ncnn12)c1ccc(OC(F)(F)F)cc1F. The van der Waals surface area contributed by atoms with Crippen molar-refractivity contribution in [3.63, 3.8) is 0 Å². The molecule has 0 fully saturated rings. The summed E-state index contributed by atoms with van der Waals surface area (Å²) in [6.07, 6.45) is -6.89. The highest BCUT2D eigenvalue weighted by molar-refractivity contribution is 5.48. The van der Waals surface area contributed by atoms with Crippen molar-refractivity contribution in [1.82, 2.24) is 19.6 Å². The predicted octanol–water partition coefficient (Wildman–Crippen LogP) is 4.02. The minimum Gasteiger partial charge on any atom is -0.406 e. The first-order chi connectivity index (χ1) is 13.8. The number of aliphatic hydroxyl groups is 1. The zero-order valence-corrected chi connectivity index (χ0v) is 15.5. The maximum Gasteiger partial charge on any atom is 0.573 e. The molecule has 2 heterocycles. The van der Waals surface area contributed by atoms with Crippen LogP contribution in [0.5, 0.6) is 5.75 Å². The van der Waals surface area contributed by atoms with Crippen LogP contribution in [0.2, 0.25) is 0 Å². The van der Waals surface area contributed by atoms with Gasteiger partial charge < -0.3 is 15.2 Å². The highest BCUT2D eigenvalue weighted by Crippen LogP contribution is 2.34. The van der Waals surface area contributed by atoms with Gasteiger partial charge in [0.05, 0.1) is 11.6 Å². The van der Waals surface area contributed by atoms with E-state index in [1.807, 2.05) is 0 Å². The van der Waals surface area contributed by atoms with Gasteiger partial charge in [-0.1, -0.05) is 6.07 Å². The molecule has 0 radical (unpaired) electrons. The van der Waals surface area contributed by atoms with Gasteiger partial charge in [0, 0.05) is 17.7 Å². The van der Waals surface area contributed by atoms with Crippen LogP contribution in [0.3, 0.4) is 0 Å². The molecule has 0 amide bonds. The lowest BCUT2D eigenvalue weighted by atomic mass is 9.91. The minimum absolute atomic E-state index is 0.0880. The monoisotopic (exact) mass is 435 g/mol. The lowest BCUT2D eigenvalue weighted by molar-refractivity contribution is -0.274. The Morgan fingerprint density at radius 3 is 2.43 bits per heavy atom. The van der Waals surface area contributed by atoms with Crippen LogP contribution in [0.25, 0.3) is 5.78 Å². The van der Waals surface area contributed by atoms with Gasteiger partial charge in [-0.3, -0.25) is 0 Å². The predicted molar refractivity (Wildman–Crippen MR) is 91.5 cm³/mol. The van der Waals surface area contributed by atoms with Gasteiger partial charge in [-0.25, -0.2) is 18.2 Å². The molecule has 2 aromatic heterocycles. The molecule has 3 rings (SSSR count). The summed E-state index contributed by atoms with van der Waals surface area (Å²) in [5, 5.41) is 17.1. The van der Waals surface area contributed by atoms with E-state index in [9.17, 15) is 31.4 Å². The van der Waals surface area contributed by atoms with Crippen LogP contribution in [0.15, 0.2) is 30.6 Å². The number of hydrogen-bond donors (Lipinski definition) is 2. The number of anilines is 1. The Hall–Kier alpha value is -3.09. The van der Waals surface area contributed by atoms with Gasteiger partial charge in [0.15, 0.2) is 0 Å². The second-order valence-corrected chi connectivity index (χ2v) is 6.80. The lowest BCUT2D eigenvalue weighted by Gasteiger charge is -2.32. The number of nitrogens with zero attached hydrogens (tertiary/aromatic N) is 4. The Morgan fingerprint density at radius 2 is 1.87 bits per heavy atom. The smallest absolute Gasteiger partial charge is 0.406 e. The van der Waals surface area contributed by atoms with Crippen molar-refractivity contribution in [3.8, 4) is 5.75 Å². The average Bonchev–Trinajstić information content (AvgIpc) is 3.06. The number of rotatable bonds is 6. The van der Waals surface area contributed by atoms with Crippen molar-refractivity contribution in [2.45, 2.75) is 38.3 Å². The summed E-state index contributed by atoms with van der Waals surface area (Å²) in [6.45, 7) is 2.61. The van der Waals surface area contributed by atoms with Crippen LogP contribution in [-0.2, 0) is 0 Å². The zero-order chi connectivity index (χ0) is 22.3. The van der Waals surface area contributed by atoms with E-state index in [1.54, 1.807) is 0 Å². The van der Waals surface area contributed by atoms with Gasteiger partial charge in [0.2, 0.25) is 0 Å². The minimum atomic E-state index is -5.01. The normalized spacial score (nSPS) is 13.7. The third-order valence-electron chi connectivity index (χ3n) is 4.01. The summed E-state index contributed by atoms with van der Waals surface area (Å²) in [5.74, 6) is -2.16. The summed E-state index contributed by atoms with van der Waals surface area (Å²) in [5.41, 5.74) is -2.56. The van der Waals surface area contributed by atoms with E-state index < -0.39 is 41.7 Å². The van der Waals surface area contributed by atoms with E-state index in [-0.39, 0.29) is 17.2 Å². The van der Waals surface area contributed by atoms with Crippen molar-refractivity contribution < 1.29 is 36.2 Å². The molecule has 0 aliphatic rings. The molecule has 0 saturated carbocycles. The Morgan fingerprint density at radius 1 is 1.17 bits per heavy atom. The van der Waals surface area contributed by atoms with Crippen LogP contribution in [0, 0.1) is 5.82 Å². The maximum absolute atomic E-state index is 14.6. The van der Waals surface area contributed by atoms with E-state index in [0.717, 1.165) is 29.0 Å². The number of fused-ring (bicyclic) bond motifs is 1. The molecular formula is C17H15F6N5O2. The van der Waals surface area contributed by atoms with Crippen molar-refractivity contribution >= 4 is 11.6 Å². The number of ether oxygens (including phenoxy) is 1. The Kier molecular flexibility index (Phi) is 5.50. The van der Waals surface area contributed by atoms with Crippen LogP contribution in [0.4, 0.5) is 32.2 Å². The summed E-state index contributed by atoms with van der Waals surface area (Å²) < 4.78 is 82.7. The zero-order valence-electron chi connectivity index (χ0n) is 15.5. The molecule has 7 nitrogen and oxygen atoms in total. The molecule has 0 spiro atoms. The molecule has 13 heteroatoms. The van der Waals surface area contributed by atoms with Crippen LogP contribution in [0.1, 0.15) is 37.6 Å². The molecular weight excluding hydrogens is 420 g/mol. The maximum atomic E-state index is 14.6. The molecule has 1 aromatic carbocycles. The molecule has 30 heavy (non-hydrogen) atoms. The number of alkyl halides is 5. The number of aromatic nitrogens is 4. The van der Waals surface area contributed by atoms with Crippen molar-refractivity contribution in [2.24, 2.45) is 0 Å². The Bertz CT molecular complexity index is 1050. The number of hydrogen-bond acceptors (Lipinski definition) is 6. The first-order valence-electron chi connectivity index (χ1n) is 8.38. The van der Waals surface area contributed by atoms with E-state index >= 15 is 0 Å². The van der Waals surface area contributed by atoms with Crippen molar-refractivity contribution in [3.05, 3.63) is 47.7 Å². The first kappa shape index (κ1) is 21.6. The number of nitrogens with one attached hydrogen (secondary N) is 1. The van der Waals surface area contributed by atoms with E-state index in [4.69, 9.17) is 0 Å². The summed E-state index contributed by atoms with van der Waals surface area (Å²) in [6, 6.07) is 2.03. The second-order valence-electron chi connectivity index (χ2n) is 6.80. The van der Waals surface area contributed by atoms with E-state index in [2.05, 4.69) is 25.1 Å². The fourth-order valence-electron chi connectivity index (χ4n) is 2.77. The second kappa shape index (κ2) is 7.63. The van der Waals surface area contributed by atoms with Crippen molar-refractivity contribution in [1.29, 1.82) is 0 Å². The third kappa shape index (κ3) is 4.72. The van der Waals surface area contributed by atoms with Gasteiger partial charge in [0.1, 0.15) is 29.4 Å². The summed E-state index contributed by atoms with van der Waals surface area (Å²) in [4.78, 5) is 7.38. The molecule has 2 N–H and O–H groups in total. The van der Waals surface area contributed by atoms with Gasteiger partial charge in [-0.2, -0.15) is 14.6 Å². The van der Waals surface area contributed by atoms with Crippen LogP contribution < -0.4 is 10.1 Å². The first-order valence-corrected chi connectivity index (χ1v) is 8.38. The lowest BCUT2D eigenvalue weighted by Crippen LogP contribution is -2.35. The summed E-state index contributed by atoms with van der Waals surface area (Å²) in [7, 11) is 0. The molecule has 0 aliphatic heterocycles. The Labute approximate surface area is 165 Å². The fourth-order valence-corrected chi connectivity index (χ4v) is 2.77. The van der Waals surface area contributed by atoms with Gasteiger partial charge in [-0.15, -0.1) is 13.2 Å². The van der Waals surface area contributed by atoms with E-state index in [1.165, 1.54) is 13.8 Å². The van der Waals surface area contributed by atoms with Gasteiger partial charge >= 0.3 is 6.36 Å². The topological polar surface area (TPSA) is 84.6 Å². The molecule has 0 bridgehead atoms. The van der Waals surface area contributed by atoms with Gasteiger partial charge in [0.25, 0.3) is 12.2 Å². The van der Waals surface area contributed by atoms with E-state index in [0.29, 0.717) is 6.07 Å². The van der Waals surface area contributed by atoms with Crippen LogP contribution >= 0.6 is 0 Å². The molecule has 0 saturated heterocycles. The third-order valence-corrected chi connectivity index (χ3v) is 4.01. The molecule has 0 aliphatic carbocycles. The molecule has 162 valence electrons. The largest absolute Gasteiger partial charge is 0.573 e. The quantitative estimate of drug-likeness (QED) is 0.569. The Balaban J connectivity index is 2.03. The fraction of sp³-hybridized carbons (Fsp3) is 0.353.